The van der Waals surface area contributed by atoms with Crippen molar-refractivity contribution in [2.75, 3.05) is 11.1 Å². The average Bonchev–Trinajstić information content (AvgIpc) is 3.43. The van der Waals surface area contributed by atoms with E-state index >= 15 is 0 Å². The monoisotopic (exact) mass is 404 g/mol. The predicted octanol–water partition coefficient (Wildman–Crippen LogP) is 4.43. The summed E-state index contributed by atoms with van der Waals surface area (Å²) in [4.78, 5) is 12.1. The van der Waals surface area contributed by atoms with Crippen LogP contribution in [0.1, 0.15) is 18.9 Å². The molecular formula is C19H15F3N4OS. The van der Waals surface area contributed by atoms with Crippen LogP contribution >= 0.6 is 11.8 Å². The number of nitrogens with zero attached hydrogens (tertiary/aromatic N) is 3. The number of nitrogens with one attached hydrogen (secondary N) is 1. The van der Waals surface area contributed by atoms with Gasteiger partial charge in [0.1, 0.15) is 23.1 Å². The summed E-state index contributed by atoms with van der Waals surface area (Å²) < 4.78 is 43.3. The summed E-state index contributed by atoms with van der Waals surface area (Å²) >= 11 is 1.09. The maximum absolute atomic E-state index is 14.2. The molecule has 0 saturated heterocycles. The number of para-hydroxylation sites is 1. The summed E-state index contributed by atoms with van der Waals surface area (Å²) in [5.41, 5.74) is -0.143. The van der Waals surface area contributed by atoms with Gasteiger partial charge in [-0.2, -0.15) is 0 Å². The molecule has 2 aromatic carbocycles. The van der Waals surface area contributed by atoms with Gasteiger partial charge in [0, 0.05) is 6.04 Å². The molecule has 9 heteroatoms. The van der Waals surface area contributed by atoms with Crippen LogP contribution in [0.25, 0.3) is 11.4 Å². The molecule has 0 unspecified atom stereocenters. The van der Waals surface area contributed by atoms with Crippen LogP contribution < -0.4 is 5.32 Å². The van der Waals surface area contributed by atoms with E-state index in [1.54, 1.807) is 18.2 Å². The molecule has 0 spiro atoms. The van der Waals surface area contributed by atoms with Crippen LogP contribution in [0.15, 0.2) is 47.6 Å². The maximum atomic E-state index is 14.2. The summed E-state index contributed by atoms with van der Waals surface area (Å²) in [6.45, 7) is 0. The van der Waals surface area contributed by atoms with Crippen molar-refractivity contribution < 1.29 is 18.0 Å². The quantitative estimate of drug-likeness (QED) is 0.618. The van der Waals surface area contributed by atoms with Crippen molar-refractivity contribution in [1.29, 1.82) is 0 Å². The molecule has 1 saturated carbocycles. The Balaban J connectivity index is 1.51. The van der Waals surface area contributed by atoms with Crippen molar-refractivity contribution in [2.24, 2.45) is 0 Å². The van der Waals surface area contributed by atoms with Crippen LogP contribution in [0.4, 0.5) is 18.9 Å². The molecule has 28 heavy (non-hydrogen) atoms. The van der Waals surface area contributed by atoms with E-state index in [0.29, 0.717) is 16.5 Å². The molecule has 0 radical (unpaired) electrons. The summed E-state index contributed by atoms with van der Waals surface area (Å²) in [7, 11) is 0. The van der Waals surface area contributed by atoms with E-state index in [2.05, 4.69) is 15.5 Å². The second kappa shape index (κ2) is 7.67. The summed E-state index contributed by atoms with van der Waals surface area (Å²) in [6.07, 6.45) is 1.83. The second-order valence-electron chi connectivity index (χ2n) is 6.32. The number of carbonyl (C=O) groups excluding carboxylic acids is 1. The van der Waals surface area contributed by atoms with Crippen molar-refractivity contribution in [3.05, 3.63) is 59.9 Å². The summed E-state index contributed by atoms with van der Waals surface area (Å²) in [5, 5.41) is 10.9. The topological polar surface area (TPSA) is 59.8 Å². The van der Waals surface area contributed by atoms with E-state index in [0.717, 1.165) is 36.7 Å². The van der Waals surface area contributed by atoms with Crippen molar-refractivity contribution in [2.45, 2.75) is 24.0 Å². The third kappa shape index (κ3) is 3.75. The minimum Gasteiger partial charge on any atom is -0.320 e. The molecule has 1 aliphatic rings. The average molecular weight is 404 g/mol. The van der Waals surface area contributed by atoms with Crippen molar-refractivity contribution >= 4 is 23.4 Å². The molecule has 1 N–H and O–H groups in total. The molecule has 0 bridgehead atoms. The van der Waals surface area contributed by atoms with E-state index < -0.39 is 29.0 Å². The number of hydrogen-bond donors (Lipinski definition) is 1. The van der Waals surface area contributed by atoms with Crippen LogP contribution in [0.3, 0.4) is 0 Å². The third-order valence-electron chi connectivity index (χ3n) is 4.25. The molecule has 1 amide bonds. The fraction of sp³-hybridized carbons (Fsp3) is 0.211. The predicted molar refractivity (Wildman–Crippen MR) is 99.4 cm³/mol. The molecule has 5 nitrogen and oxygen atoms in total. The molecule has 144 valence electrons. The van der Waals surface area contributed by atoms with Gasteiger partial charge in [-0.05, 0) is 37.1 Å². The van der Waals surface area contributed by atoms with Crippen LogP contribution in [0.2, 0.25) is 0 Å². The smallest absolute Gasteiger partial charge is 0.235 e. The Bertz CT molecular complexity index is 1020. The van der Waals surface area contributed by atoms with Crippen molar-refractivity contribution in [3.63, 3.8) is 0 Å². The van der Waals surface area contributed by atoms with Crippen LogP contribution in [-0.2, 0) is 4.79 Å². The Morgan fingerprint density at radius 2 is 1.71 bits per heavy atom. The van der Waals surface area contributed by atoms with E-state index in [1.165, 1.54) is 12.1 Å². The summed E-state index contributed by atoms with van der Waals surface area (Å²) in [6, 6.07) is 9.79. The highest BCUT2D eigenvalue weighted by atomic mass is 32.2. The molecule has 3 aromatic rings. The fourth-order valence-electron chi connectivity index (χ4n) is 2.79. The van der Waals surface area contributed by atoms with Gasteiger partial charge in [0.25, 0.3) is 0 Å². The normalized spacial score (nSPS) is 13.5. The highest BCUT2D eigenvalue weighted by Gasteiger charge is 2.31. The lowest BCUT2D eigenvalue weighted by molar-refractivity contribution is -0.113. The van der Waals surface area contributed by atoms with Crippen LogP contribution in [0, 0.1) is 17.5 Å². The number of carbonyl (C=O) groups is 1. The lowest BCUT2D eigenvalue weighted by Crippen LogP contribution is -2.16. The number of amides is 1. The summed E-state index contributed by atoms with van der Waals surface area (Å²) in [5.74, 6) is -2.38. The molecule has 1 aliphatic carbocycles. The van der Waals surface area contributed by atoms with Gasteiger partial charge >= 0.3 is 0 Å². The first-order valence-electron chi connectivity index (χ1n) is 8.61. The Hall–Kier alpha value is -2.81. The first-order chi connectivity index (χ1) is 13.5. The molecule has 1 fully saturated rings. The van der Waals surface area contributed by atoms with Gasteiger partial charge in [0.05, 0.1) is 11.3 Å². The first kappa shape index (κ1) is 18.5. The van der Waals surface area contributed by atoms with Gasteiger partial charge in [-0.1, -0.05) is 30.0 Å². The third-order valence-corrected chi connectivity index (χ3v) is 5.19. The Morgan fingerprint density at radius 3 is 2.39 bits per heavy atom. The lowest BCUT2D eigenvalue weighted by Gasteiger charge is -2.10. The SMILES string of the molecule is O=C(CSc1nnc(-c2ccccc2F)n1C1CC1)Nc1c(F)cccc1F. The molecule has 0 atom stereocenters. The first-order valence-corrected chi connectivity index (χ1v) is 9.59. The van der Waals surface area contributed by atoms with Crippen LogP contribution in [0.5, 0.6) is 0 Å². The second-order valence-corrected chi connectivity index (χ2v) is 7.26. The maximum Gasteiger partial charge on any atom is 0.235 e. The van der Waals surface area contributed by atoms with Gasteiger partial charge < -0.3 is 5.32 Å². The molecule has 1 heterocycles. The number of benzene rings is 2. The molecule has 1 aromatic heterocycles. The number of aromatic nitrogens is 3. The van der Waals surface area contributed by atoms with Gasteiger partial charge in [-0.15, -0.1) is 10.2 Å². The standard InChI is InChI=1S/C19H15F3N4OS/c20-13-5-2-1-4-12(13)18-24-25-19(26(18)11-8-9-11)28-10-16(27)23-17-14(21)6-3-7-15(17)22/h1-7,11H,8-10H2,(H,23,27). The van der Waals surface area contributed by atoms with Gasteiger partial charge in [-0.25, -0.2) is 13.2 Å². The largest absolute Gasteiger partial charge is 0.320 e. The molecule has 0 aliphatic heterocycles. The zero-order valence-electron chi connectivity index (χ0n) is 14.5. The highest BCUT2D eigenvalue weighted by Crippen LogP contribution is 2.41. The fourth-order valence-corrected chi connectivity index (χ4v) is 3.59. The lowest BCUT2D eigenvalue weighted by atomic mass is 10.2. The molecule has 4 rings (SSSR count). The number of hydrogen-bond acceptors (Lipinski definition) is 4. The zero-order valence-corrected chi connectivity index (χ0v) is 15.3. The highest BCUT2D eigenvalue weighted by molar-refractivity contribution is 7.99. The Morgan fingerprint density at radius 1 is 1.04 bits per heavy atom. The van der Waals surface area contributed by atoms with Gasteiger partial charge in [0.15, 0.2) is 11.0 Å². The number of halogens is 3. The van der Waals surface area contributed by atoms with Gasteiger partial charge in [0.2, 0.25) is 5.91 Å². The molecular weight excluding hydrogens is 389 g/mol. The van der Waals surface area contributed by atoms with E-state index in [1.807, 2.05) is 4.57 Å². The van der Waals surface area contributed by atoms with Gasteiger partial charge in [-0.3, -0.25) is 9.36 Å². The minimum atomic E-state index is -0.846. The Labute approximate surface area is 163 Å². The number of thioether (sulfide) groups is 1. The van der Waals surface area contributed by atoms with Crippen LogP contribution in [-0.4, -0.2) is 26.4 Å². The van der Waals surface area contributed by atoms with E-state index in [4.69, 9.17) is 0 Å². The van der Waals surface area contributed by atoms with E-state index in [9.17, 15) is 18.0 Å². The van der Waals surface area contributed by atoms with E-state index in [-0.39, 0.29) is 11.8 Å². The zero-order chi connectivity index (χ0) is 19.7. The van der Waals surface area contributed by atoms with Crippen molar-refractivity contribution in [3.8, 4) is 11.4 Å². The number of anilines is 1. The minimum absolute atomic E-state index is 0.115. The Kier molecular flexibility index (Phi) is 5.08. The van der Waals surface area contributed by atoms with Crippen molar-refractivity contribution in [1.82, 2.24) is 14.8 Å². The number of rotatable bonds is 6.